The molecule has 2 unspecified atom stereocenters. The molecule has 1 aliphatic carbocycles. The van der Waals surface area contributed by atoms with Gasteiger partial charge < -0.3 is 14.9 Å². The van der Waals surface area contributed by atoms with E-state index in [0.29, 0.717) is 48.0 Å². The van der Waals surface area contributed by atoms with Gasteiger partial charge in [-0.25, -0.2) is 8.42 Å². The first-order chi connectivity index (χ1) is 22.0. The monoisotopic (exact) mass is 683 g/mol. The van der Waals surface area contributed by atoms with Gasteiger partial charge in [-0.05, 0) is 69.3 Å². The molecule has 0 radical (unpaired) electrons. The van der Waals surface area contributed by atoms with Gasteiger partial charge in [-0.2, -0.15) is 22.6 Å². The molecule has 2 saturated heterocycles. The lowest BCUT2D eigenvalue weighted by Gasteiger charge is -2.41. The molecule has 1 saturated carbocycles. The minimum atomic E-state index is -4.49. The molecule has 4 aliphatic rings. The van der Waals surface area contributed by atoms with Crippen molar-refractivity contribution in [2.75, 3.05) is 57.8 Å². The van der Waals surface area contributed by atoms with Crippen molar-refractivity contribution >= 4 is 21.8 Å². The largest absolute Gasteiger partial charge is 0.417 e. The van der Waals surface area contributed by atoms with Crippen molar-refractivity contribution in [3.8, 4) is 11.3 Å². The van der Waals surface area contributed by atoms with Crippen LogP contribution in [-0.2, 0) is 35.7 Å². The van der Waals surface area contributed by atoms with E-state index >= 15 is 0 Å². The van der Waals surface area contributed by atoms with Gasteiger partial charge in [0.2, 0.25) is 10.0 Å². The highest BCUT2D eigenvalue weighted by Gasteiger charge is 2.36. The summed E-state index contributed by atoms with van der Waals surface area (Å²) >= 11 is 1.24. The number of rotatable bonds is 10. The number of hydrogen-bond acceptors (Lipinski definition) is 7. The van der Waals surface area contributed by atoms with E-state index in [2.05, 4.69) is 9.80 Å². The van der Waals surface area contributed by atoms with Gasteiger partial charge in [0.1, 0.15) is 0 Å². The summed E-state index contributed by atoms with van der Waals surface area (Å²) in [4.78, 5) is 4.85. The quantitative estimate of drug-likeness (QED) is 0.339. The highest BCUT2D eigenvalue weighted by atomic mass is 32.2. The van der Waals surface area contributed by atoms with E-state index in [1.807, 2.05) is 0 Å². The van der Waals surface area contributed by atoms with E-state index in [1.54, 1.807) is 10.7 Å². The van der Waals surface area contributed by atoms with E-state index in [0.717, 1.165) is 63.2 Å². The topological polar surface area (TPSA) is 81.9 Å². The smallest absolute Gasteiger partial charge is 0.390 e. The van der Waals surface area contributed by atoms with Crippen LogP contribution in [0, 0.1) is 11.8 Å². The molecule has 6 rings (SSSR count). The molecule has 3 atom stereocenters. The summed E-state index contributed by atoms with van der Waals surface area (Å²) in [7, 11) is -3.48. The number of aromatic nitrogens is 2. The van der Waals surface area contributed by atoms with E-state index in [9.17, 15) is 26.7 Å². The van der Waals surface area contributed by atoms with E-state index in [4.69, 9.17) is 5.10 Å². The fourth-order valence-corrected chi connectivity index (χ4v) is 9.92. The SMILES string of the molecule is CS(=O)(=O)N1CCc2c(c(-c3ccc(C(F)(F)F)c(SCCN4CCC5CCCCC5C4)c3)nn2C[C@@H](O)CN2CCCCC2)C1. The number of nitrogens with zero attached hydrogens (tertiary/aromatic N) is 5. The predicted molar refractivity (Wildman–Crippen MR) is 175 cm³/mol. The Hall–Kier alpha value is -1.64. The third kappa shape index (κ3) is 8.14. The second-order valence-electron chi connectivity index (χ2n) is 13.8. The Balaban J connectivity index is 1.24. The molecule has 256 valence electrons. The zero-order valence-corrected chi connectivity index (χ0v) is 28.5. The minimum absolute atomic E-state index is 0.104. The Morgan fingerprint density at radius 3 is 2.48 bits per heavy atom. The molecular weight excluding hydrogens is 636 g/mol. The number of piperidine rings is 2. The van der Waals surface area contributed by atoms with Crippen LogP contribution >= 0.6 is 11.8 Å². The van der Waals surface area contributed by atoms with Crippen LogP contribution in [0.1, 0.15) is 68.2 Å². The van der Waals surface area contributed by atoms with Crippen LogP contribution in [0.5, 0.6) is 0 Å². The number of β-amino-alcohol motifs (C(OH)–C–C–N with tert-alkyl or cyclic N) is 1. The van der Waals surface area contributed by atoms with Crippen LogP contribution in [-0.4, -0.2) is 101 Å². The molecule has 3 aliphatic heterocycles. The Labute approximate surface area is 275 Å². The predicted octanol–water partition coefficient (Wildman–Crippen LogP) is 5.34. The highest BCUT2D eigenvalue weighted by Crippen LogP contribution is 2.41. The van der Waals surface area contributed by atoms with Crippen LogP contribution in [0.15, 0.2) is 23.1 Å². The molecule has 4 heterocycles. The van der Waals surface area contributed by atoms with Crippen molar-refractivity contribution in [2.45, 2.75) is 88.1 Å². The number of aliphatic hydroxyl groups excluding tert-OH is 1. The molecule has 13 heteroatoms. The second-order valence-corrected chi connectivity index (χ2v) is 16.9. The third-order valence-corrected chi connectivity index (χ3v) is 12.8. The standard InChI is InChI=1S/C33H48F3N5O3S2/c1-46(43,44)40-16-12-30-28(23-40)32(37-41(30)22-27(42)21-38-13-5-2-6-14-38)25-9-10-29(33(34,35)36)31(19-25)45-18-17-39-15-11-24-7-3-4-8-26(24)20-39/h9-10,19,24,26-27,42H,2-8,11-18,20-23H2,1H3/t24?,26?,27-/m0/s1. The lowest BCUT2D eigenvalue weighted by Crippen LogP contribution is -2.42. The van der Waals surface area contributed by atoms with Gasteiger partial charge >= 0.3 is 6.18 Å². The summed E-state index contributed by atoms with van der Waals surface area (Å²) in [6.07, 6.45) is 6.23. The lowest BCUT2D eigenvalue weighted by atomic mass is 9.75. The van der Waals surface area contributed by atoms with Crippen LogP contribution in [0.4, 0.5) is 13.2 Å². The molecule has 2 aromatic rings. The average molecular weight is 684 g/mol. The maximum absolute atomic E-state index is 14.2. The van der Waals surface area contributed by atoms with Gasteiger partial charge in [0.05, 0.1) is 30.2 Å². The van der Waals surface area contributed by atoms with Gasteiger partial charge in [-0.15, -0.1) is 11.8 Å². The molecule has 8 nitrogen and oxygen atoms in total. The lowest BCUT2D eigenvalue weighted by molar-refractivity contribution is -0.139. The number of aliphatic hydroxyl groups is 1. The van der Waals surface area contributed by atoms with Crippen molar-refractivity contribution in [3.05, 3.63) is 35.0 Å². The van der Waals surface area contributed by atoms with Gasteiger partial charge in [-0.1, -0.05) is 31.7 Å². The zero-order valence-electron chi connectivity index (χ0n) is 26.8. The summed E-state index contributed by atoms with van der Waals surface area (Å²) in [5.74, 6) is 2.08. The zero-order chi connectivity index (χ0) is 32.5. The average Bonchev–Trinajstić information content (AvgIpc) is 3.38. The normalized spacial score (nSPS) is 24.5. The molecule has 1 N–H and O–H groups in total. The first-order valence-corrected chi connectivity index (χ1v) is 19.8. The van der Waals surface area contributed by atoms with Crippen LogP contribution in [0.25, 0.3) is 11.3 Å². The maximum atomic E-state index is 14.2. The first-order valence-electron chi connectivity index (χ1n) is 17.0. The summed E-state index contributed by atoms with van der Waals surface area (Å²) in [5.41, 5.74) is 1.91. The number of benzene rings is 1. The number of hydrogen-bond donors (Lipinski definition) is 1. The molecule has 0 spiro atoms. The fourth-order valence-electron chi connectivity index (χ4n) is 8.02. The Morgan fingerprint density at radius 2 is 1.74 bits per heavy atom. The fraction of sp³-hybridized carbons (Fsp3) is 0.727. The summed E-state index contributed by atoms with van der Waals surface area (Å²) in [6.45, 7) is 5.88. The molecule has 46 heavy (non-hydrogen) atoms. The second kappa shape index (κ2) is 14.5. The van der Waals surface area contributed by atoms with Crippen LogP contribution in [0.2, 0.25) is 0 Å². The van der Waals surface area contributed by atoms with Gasteiger partial charge in [0, 0.05) is 66.6 Å². The van der Waals surface area contributed by atoms with Gasteiger partial charge in [-0.3, -0.25) is 4.68 Å². The highest BCUT2D eigenvalue weighted by molar-refractivity contribution is 7.99. The third-order valence-electron chi connectivity index (χ3n) is 10.5. The van der Waals surface area contributed by atoms with E-state index in [-0.39, 0.29) is 18.0 Å². The molecule has 1 aromatic carbocycles. The molecule has 0 bridgehead atoms. The number of fused-ring (bicyclic) bond motifs is 2. The molecule has 3 fully saturated rings. The Kier molecular flexibility index (Phi) is 10.8. The summed E-state index contributed by atoms with van der Waals surface area (Å²) in [5, 5.41) is 15.9. The molecule has 0 amide bonds. The number of likely N-dealkylation sites (tertiary alicyclic amines) is 2. The van der Waals surface area contributed by atoms with Crippen LogP contribution in [0.3, 0.4) is 0 Å². The van der Waals surface area contributed by atoms with Crippen molar-refractivity contribution in [3.63, 3.8) is 0 Å². The number of halogens is 3. The molecular formula is C33H48F3N5O3S2. The maximum Gasteiger partial charge on any atom is 0.417 e. The minimum Gasteiger partial charge on any atom is -0.390 e. The number of sulfonamides is 1. The van der Waals surface area contributed by atoms with Crippen molar-refractivity contribution in [2.24, 2.45) is 11.8 Å². The first kappa shape index (κ1) is 34.2. The number of alkyl halides is 3. The summed E-state index contributed by atoms with van der Waals surface area (Å²) in [6, 6.07) is 4.17. The number of thioether (sulfide) groups is 1. The van der Waals surface area contributed by atoms with Crippen molar-refractivity contribution in [1.29, 1.82) is 0 Å². The van der Waals surface area contributed by atoms with Crippen molar-refractivity contribution in [1.82, 2.24) is 23.9 Å². The van der Waals surface area contributed by atoms with Crippen molar-refractivity contribution < 1.29 is 26.7 Å². The van der Waals surface area contributed by atoms with Crippen LogP contribution < -0.4 is 0 Å². The van der Waals surface area contributed by atoms with Gasteiger partial charge in [0.25, 0.3) is 0 Å². The summed E-state index contributed by atoms with van der Waals surface area (Å²) < 4.78 is 70.8. The van der Waals surface area contributed by atoms with Gasteiger partial charge in [0.15, 0.2) is 0 Å². The van der Waals surface area contributed by atoms with E-state index < -0.39 is 27.9 Å². The van der Waals surface area contributed by atoms with E-state index in [1.165, 1.54) is 66.9 Å². The molecule has 1 aromatic heterocycles. The Morgan fingerprint density at radius 1 is 0.978 bits per heavy atom. The Bertz CT molecular complexity index is 1460.